The standard InChI is InChI=1S/C19H23NO/c1-13(2)17-6-4-5-7-18(17)20-12-16-11-15-10-14(3)8-9-19(15)21-16/h4-10,13,16,20H,11-12H2,1-3H3. The lowest BCUT2D eigenvalue weighted by atomic mass is 10.0. The quantitative estimate of drug-likeness (QED) is 0.888. The third kappa shape index (κ3) is 3.05. The summed E-state index contributed by atoms with van der Waals surface area (Å²) in [5.74, 6) is 1.57. The van der Waals surface area contributed by atoms with Gasteiger partial charge >= 0.3 is 0 Å². The molecule has 21 heavy (non-hydrogen) atoms. The van der Waals surface area contributed by atoms with E-state index >= 15 is 0 Å². The first kappa shape index (κ1) is 14.0. The molecule has 2 aromatic rings. The molecular weight excluding hydrogens is 258 g/mol. The Labute approximate surface area is 127 Å². The highest BCUT2D eigenvalue weighted by Crippen LogP contribution is 2.30. The van der Waals surface area contributed by atoms with Crippen molar-refractivity contribution in [2.45, 2.75) is 39.2 Å². The van der Waals surface area contributed by atoms with Crippen LogP contribution in [0.25, 0.3) is 0 Å². The molecule has 1 unspecified atom stereocenters. The number of nitrogens with one attached hydrogen (secondary N) is 1. The number of rotatable bonds is 4. The summed E-state index contributed by atoms with van der Waals surface area (Å²) in [6, 6.07) is 15.0. The number of fused-ring (bicyclic) bond motifs is 1. The van der Waals surface area contributed by atoms with Crippen molar-refractivity contribution in [3.63, 3.8) is 0 Å². The molecule has 0 amide bonds. The van der Waals surface area contributed by atoms with Gasteiger partial charge in [-0.15, -0.1) is 0 Å². The molecule has 0 aliphatic carbocycles. The lowest BCUT2D eigenvalue weighted by Gasteiger charge is -2.17. The van der Waals surface area contributed by atoms with Crippen LogP contribution in [0.3, 0.4) is 0 Å². The highest BCUT2D eigenvalue weighted by molar-refractivity contribution is 5.53. The van der Waals surface area contributed by atoms with Crippen LogP contribution >= 0.6 is 0 Å². The fourth-order valence-corrected chi connectivity index (χ4v) is 2.95. The van der Waals surface area contributed by atoms with E-state index in [0.717, 1.165) is 18.7 Å². The van der Waals surface area contributed by atoms with Gasteiger partial charge in [0.15, 0.2) is 0 Å². The average molecular weight is 281 g/mol. The summed E-state index contributed by atoms with van der Waals surface area (Å²) in [6.45, 7) is 7.43. The van der Waals surface area contributed by atoms with E-state index in [1.54, 1.807) is 0 Å². The number of benzene rings is 2. The number of hydrogen-bond donors (Lipinski definition) is 1. The third-order valence-electron chi connectivity index (χ3n) is 4.06. The molecule has 0 radical (unpaired) electrons. The fourth-order valence-electron chi connectivity index (χ4n) is 2.95. The Morgan fingerprint density at radius 1 is 1.19 bits per heavy atom. The van der Waals surface area contributed by atoms with Crippen molar-refractivity contribution in [2.75, 3.05) is 11.9 Å². The lowest BCUT2D eigenvalue weighted by Crippen LogP contribution is -2.24. The molecule has 2 heteroatoms. The lowest BCUT2D eigenvalue weighted by molar-refractivity contribution is 0.246. The van der Waals surface area contributed by atoms with E-state index < -0.39 is 0 Å². The predicted octanol–water partition coefficient (Wildman–Crippen LogP) is 4.53. The molecule has 1 aliphatic heterocycles. The van der Waals surface area contributed by atoms with Crippen molar-refractivity contribution >= 4 is 5.69 Å². The minimum atomic E-state index is 0.224. The number of ether oxygens (including phenoxy) is 1. The Hall–Kier alpha value is -1.96. The molecule has 1 atom stereocenters. The van der Waals surface area contributed by atoms with Gasteiger partial charge < -0.3 is 10.1 Å². The SMILES string of the molecule is Cc1ccc2c(c1)CC(CNc1ccccc1C(C)C)O2. The largest absolute Gasteiger partial charge is 0.488 e. The number of para-hydroxylation sites is 1. The second-order valence-electron chi connectivity index (χ2n) is 6.18. The van der Waals surface area contributed by atoms with Crippen LogP contribution in [0.4, 0.5) is 5.69 Å². The van der Waals surface area contributed by atoms with Gasteiger partial charge in [-0.1, -0.05) is 49.7 Å². The Morgan fingerprint density at radius 3 is 2.81 bits per heavy atom. The molecule has 1 heterocycles. The van der Waals surface area contributed by atoms with Crippen LogP contribution in [0.15, 0.2) is 42.5 Å². The highest BCUT2D eigenvalue weighted by atomic mass is 16.5. The molecule has 0 saturated heterocycles. The maximum absolute atomic E-state index is 6.02. The van der Waals surface area contributed by atoms with Gasteiger partial charge in [0.25, 0.3) is 0 Å². The fraction of sp³-hybridized carbons (Fsp3) is 0.368. The monoisotopic (exact) mass is 281 g/mol. The first-order valence-corrected chi connectivity index (χ1v) is 7.72. The Morgan fingerprint density at radius 2 is 2.00 bits per heavy atom. The Balaban J connectivity index is 1.65. The van der Waals surface area contributed by atoms with Crippen molar-refractivity contribution in [3.8, 4) is 5.75 Å². The van der Waals surface area contributed by atoms with Gasteiger partial charge in [0, 0.05) is 12.1 Å². The van der Waals surface area contributed by atoms with Gasteiger partial charge in [-0.25, -0.2) is 0 Å². The summed E-state index contributed by atoms with van der Waals surface area (Å²) < 4.78 is 6.02. The predicted molar refractivity (Wildman–Crippen MR) is 88.3 cm³/mol. The van der Waals surface area contributed by atoms with E-state index in [1.165, 1.54) is 22.4 Å². The minimum Gasteiger partial charge on any atom is -0.488 e. The Kier molecular flexibility index (Phi) is 3.87. The van der Waals surface area contributed by atoms with Crippen LogP contribution in [0.2, 0.25) is 0 Å². The summed E-state index contributed by atoms with van der Waals surface area (Å²) in [5, 5.41) is 3.56. The normalized spacial score (nSPS) is 16.7. The third-order valence-corrected chi connectivity index (χ3v) is 4.06. The summed E-state index contributed by atoms with van der Waals surface area (Å²) in [7, 11) is 0. The summed E-state index contributed by atoms with van der Waals surface area (Å²) in [6.07, 6.45) is 1.22. The van der Waals surface area contributed by atoms with Gasteiger partial charge in [0.1, 0.15) is 11.9 Å². The van der Waals surface area contributed by atoms with Crippen LogP contribution in [-0.2, 0) is 6.42 Å². The highest BCUT2D eigenvalue weighted by Gasteiger charge is 2.22. The van der Waals surface area contributed by atoms with E-state index in [1.807, 2.05) is 0 Å². The maximum atomic E-state index is 6.02. The van der Waals surface area contributed by atoms with Crippen LogP contribution in [0.5, 0.6) is 5.75 Å². The van der Waals surface area contributed by atoms with E-state index in [0.29, 0.717) is 5.92 Å². The molecule has 110 valence electrons. The minimum absolute atomic E-state index is 0.224. The first-order chi connectivity index (χ1) is 10.1. The summed E-state index contributed by atoms with van der Waals surface area (Å²) >= 11 is 0. The van der Waals surface area contributed by atoms with Crippen LogP contribution < -0.4 is 10.1 Å². The molecule has 2 nitrogen and oxygen atoms in total. The maximum Gasteiger partial charge on any atom is 0.123 e. The number of aryl methyl sites for hydroxylation is 1. The second kappa shape index (κ2) is 5.80. The molecule has 2 aromatic carbocycles. The topological polar surface area (TPSA) is 21.3 Å². The van der Waals surface area contributed by atoms with Gasteiger partial charge in [0.2, 0.25) is 0 Å². The van der Waals surface area contributed by atoms with Gasteiger partial charge in [-0.2, -0.15) is 0 Å². The van der Waals surface area contributed by atoms with Crippen molar-refractivity contribution in [2.24, 2.45) is 0 Å². The van der Waals surface area contributed by atoms with E-state index in [9.17, 15) is 0 Å². The molecular formula is C19H23NO. The van der Waals surface area contributed by atoms with Gasteiger partial charge in [0.05, 0.1) is 6.54 Å². The van der Waals surface area contributed by atoms with Crippen molar-refractivity contribution < 1.29 is 4.74 Å². The molecule has 3 rings (SSSR count). The van der Waals surface area contributed by atoms with Crippen molar-refractivity contribution in [1.29, 1.82) is 0 Å². The van der Waals surface area contributed by atoms with Gasteiger partial charge in [-0.05, 0) is 36.1 Å². The van der Waals surface area contributed by atoms with E-state index in [4.69, 9.17) is 4.74 Å². The van der Waals surface area contributed by atoms with Crippen molar-refractivity contribution in [3.05, 3.63) is 59.2 Å². The average Bonchev–Trinajstić information content (AvgIpc) is 2.87. The zero-order valence-electron chi connectivity index (χ0n) is 13.0. The second-order valence-corrected chi connectivity index (χ2v) is 6.18. The smallest absolute Gasteiger partial charge is 0.123 e. The van der Waals surface area contributed by atoms with Crippen LogP contribution in [-0.4, -0.2) is 12.6 Å². The summed E-state index contributed by atoms with van der Waals surface area (Å²) in [4.78, 5) is 0. The molecule has 0 bridgehead atoms. The van der Waals surface area contributed by atoms with Crippen LogP contribution in [0.1, 0.15) is 36.5 Å². The van der Waals surface area contributed by atoms with E-state index in [2.05, 4.69) is 68.6 Å². The molecule has 1 N–H and O–H groups in total. The summed E-state index contributed by atoms with van der Waals surface area (Å²) in [5.41, 5.74) is 5.22. The molecule has 0 saturated carbocycles. The van der Waals surface area contributed by atoms with Gasteiger partial charge in [-0.3, -0.25) is 0 Å². The first-order valence-electron chi connectivity index (χ1n) is 7.72. The molecule has 1 aliphatic rings. The number of anilines is 1. The zero-order valence-corrected chi connectivity index (χ0v) is 13.0. The van der Waals surface area contributed by atoms with E-state index in [-0.39, 0.29) is 6.10 Å². The van der Waals surface area contributed by atoms with Crippen LogP contribution in [0, 0.1) is 6.92 Å². The number of hydrogen-bond acceptors (Lipinski definition) is 2. The molecule has 0 aromatic heterocycles. The molecule has 0 spiro atoms. The van der Waals surface area contributed by atoms with Crippen molar-refractivity contribution in [1.82, 2.24) is 0 Å². The molecule has 0 fully saturated rings. The zero-order chi connectivity index (χ0) is 14.8. The Bertz CT molecular complexity index is 633.